The lowest BCUT2D eigenvalue weighted by Crippen LogP contribution is -2.32. The maximum Gasteiger partial charge on any atom is 0.236 e. The van der Waals surface area contributed by atoms with Crippen LogP contribution in [-0.2, 0) is 11.3 Å². The zero-order valence-corrected chi connectivity index (χ0v) is 17.4. The standard InChI is InChI=1S/C24H31N3O2/c1-26-12-10-18(11-13-26)15-23(28)21-8-6-20(7-9-21)22-5-3-4-19(14-22)17-27(2)24(29)16-25/h3-9,14,18H,10-13,15-17,25H2,1-2H3. The number of nitrogens with zero attached hydrogens (tertiary/aromatic N) is 2. The van der Waals surface area contributed by atoms with Crippen LogP contribution in [0.3, 0.4) is 0 Å². The van der Waals surface area contributed by atoms with Crippen LogP contribution in [0.1, 0.15) is 35.2 Å². The van der Waals surface area contributed by atoms with Gasteiger partial charge in [-0.3, -0.25) is 9.59 Å². The zero-order chi connectivity index (χ0) is 20.8. The number of ketones is 1. The van der Waals surface area contributed by atoms with Crippen molar-refractivity contribution >= 4 is 11.7 Å². The van der Waals surface area contributed by atoms with E-state index >= 15 is 0 Å². The number of piperidine rings is 1. The van der Waals surface area contributed by atoms with Crippen LogP contribution in [-0.4, -0.2) is 55.2 Å². The molecule has 29 heavy (non-hydrogen) atoms. The van der Waals surface area contributed by atoms with E-state index in [1.165, 1.54) is 0 Å². The van der Waals surface area contributed by atoms with Crippen LogP contribution in [0.4, 0.5) is 0 Å². The molecule has 0 spiro atoms. The van der Waals surface area contributed by atoms with E-state index in [0.717, 1.165) is 48.2 Å². The van der Waals surface area contributed by atoms with Crippen molar-refractivity contribution in [2.24, 2.45) is 11.7 Å². The van der Waals surface area contributed by atoms with Crippen molar-refractivity contribution in [1.82, 2.24) is 9.80 Å². The first-order valence-electron chi connectivity index (χ1n) is 10.3. The van der Waals surface area contributed by atoms with Crippen molar-refractivity contribution in [3.8, 4) is 11.1 Å². The molecule has 2 N–H and O–H groups in total. The largest absolute Gasteiger partial charge is 0.340 e. The number of likely N-dealkylation sites (N-methyl/N-ethyl adjacent to an activating group) is 1. The molecule has 1 saturated heterocycles. The third-order valence-corrected chi connectivity index (χ3v) is 5.80. The molecule has 1 aliphatic heterocycles. The van der Waals surface area contributed by atoms with Crippen LogP contribution >= 0.6 is 0 Å². The molecule has 5 heteroatoms. The molecule has 1 amide bonds. The maximum atomic E-state index is 12.6. The van der Waals surface area contributed by atoms with Crippen molar-refractivity contribution in [2.45, 2.75) is 25.8 Å². The lowest BCUT2D eigenvalue weighted by atomic mass is 9.89. The monoisotopic (exact) mass is 393 g/mol. The second-order valence-corrected chi connectivity index (χ2v) is 8.11. The highest BCUT2D eigenvalue weighted by atomic mass is 16.2. The van der Waals surface area contributed by atoms with Crippen LogP contribution in [0.5, 0.6) is 0 Å². The van der Waals surface area contributed by atoms with Gasteiger partial charge < -0.3 is 15.5 Å². The fourth-order valence-corrected chi connectivity index (χ4v) is 3.86. The van der Waals surface area contributed by atoms with E-state index < -0.39 is 0 Å². The van der Waals surface area contributed by atoms with Crippen molar-refractivity contribution in [1.29, 1.82) is 0 Å². The summed E-state index contributed by atoms with van der Waals surface area (Å²) in [6.45, 7) is 2.71. The normalized spacial score (nSPS) is 15.3. The quantitative estimate of drug-likeness (QED) is 0.734. The van der Waals surface area contributed by atoms with E-state index in [1.807, 2.05) is 42.5 Å². The van der Waals surface area contributed by atoms with Crippen LogP contribution in [0, 0.1) is 5.92 Å². The molecule has 1 aliphatic rings. The van der Waals surface area contributed by atoms with Crippen LogP contribution in [0.15, 0.2) is 48.5 Å². The third-order valence-electron chi connectivity index (χ3n) is 5.80. The maximum absolute atomic E-state index is 12.6. The molecule has 154 valence electrons. The van der Waals surface area contributed by atoms with Gasteiger partial charge in [0, 0.05) is 25.6 Å². The molecule has 2 aromatic carbocycles. The first-order chi connectivity index (χ1) is 14.0. The summed E-state index contributed by atoms with van der Waals surface area (Å²) < 4.78 is 0. The van der Waals surface area contributed by atoms with Gasteiger partial charge in [-0.2, -0.15) is 0 Å². The lowest BCUT2D eigenvalue weighted by molar-refractivity contribution is -0.128. The van der Waals surface area contributed by atoms with Gasteiger partial charge in [0.2, 0.25) is 5.91 Å². The topological polar surface area (TPSA) is 66.6 Å². The van der Waals surface area contributed by atoms with E-state index in [0.29, 0.717) is 18.9 Å². The molecule has 5 nitrogen and oxygen atoms in total. The van der Waals surface area contributed by atoms with Gasteiger partial charge in [-0.25, -0.2) is 0 Å². The van der Waals surface area contributed by atoms with Gasteiger partial charge in [-0.05, 0) is 61.7 Å². The average Bonchev–Trinajstić information content (AvgIpc) is 2.75. The second-order valence-electron chi connectivity index (χ2n) is 8.11. The summed E-state index contributed by atoms with van der Waals surface area (Å²) in [5, 5.41) is 0. The molecule has 0 bridgehead atoms. The number of rotatable bonds is 7. The number of nitrogens with two attached hydrogens (primary N) is 1. The molecular weight excluding hydrogens is 362 g/mol. The Morgan fingerprint density at radius 3 is 2.41 bits per heavy atom. The molecule has 1 heterocycles. The van der Waals surface area contributed by atoms with E-state index in [4.69, 9.17) is 5.73 Å². The summed E-state index contributed by atoms with van der Waals surface area (Å²) in [7, 11) is 3.90. The smallest absolute Gasteiger partial charge is 0.236 e. The molecule has 3 rings (SSSR count). The number of benzene rings is 2. The number of Topliss-reactive ketones (excluding diaryl/α,β-unsaturated/α-hetero) is 1. The van der Waals surface area contributed by atoms with E-state index in [2.05, 4.69) is 18.0 Å². The van der Waals surface area contributed by atoms with Gasteiger partial charge in [-0.1, -0.05) is 42.5 Å². The highest BCUT2D eigenvalue weighted by Crippen LogP contribution is 2.24. The molecule has 1 fully saturated rings. The van der Waals surface area contributed by atoms with E-state index in [-0.39, 0.29) is 18.2 Å². The fourth-order valence-electron chi connectivity index (χ4n) is 3.86. The van der Waals surface area contributed by atoms with Crippen LogP contribution in [0.2, 0.25) is 0 Å². The van der Waals surface area contributed by atoms with Crippen LogP contribution < -0.4 is 5.73 Å². The molecule has 2 aromatic rings. The number of amides is 1. The number of carbonyl (C=O) groups is 2. The summed E-state index contributed by atoms with van der Waals surface area (Å²) in [4.78, 5) is 28.3. The van der Waals surface area contributed by atoms with Gasteiger partial charge in [0.1, 0.15) is 0 Å². The highest BCUT2D eigenvalue weighted by molar-refractivity contribution is 5.96. The fraction of sp³-hybridized carbons (Fsp3) is 0.417. The first-order valence-corrected chi connectivity index (χ1v) is 10.3. The molecule has 0 aliphatic carbocycles. The van der Waals surface area contributed by atoms with Crippen LogP contribution in [0.25, 0.3) is 11.1 Å². The Balaban J connectivity index is 1.64. The minimum atomic E-state index is -0.0807. The first kappa shape index (κ1) is 21.2. The Bertz CT molecular complexity index is 839. The summed E-state index contributed by atoms with van der Waals surface area (Å²) >= 11 is 0. The van der Waals surface area contributed by atoms with Crippen molar-refractivity contribution in [3.63, 3.8) is 0 Å². The van der Waals surface area contributed by atoms with E-state index in [9.17, 15) is 9.59 Å². The number of hydrogen-bond donors (Lipinski definition) is 1. The molecular formula is C24H31N3O2. The number of likely N-dealkylation sites (tertiary alicyclic amines) is 1. The summed E-state index contributed by atoms with van der Waals surface area (Å²) in [6.07, 6.45) is 2.85. The Morgan fingerprint density at radius 2 is 1.76 bits per heavy atom. The molecule has 0 aromatic heterocycles. The molecule has 0 saturated carbocycles. The Morgan fingerprint density at radius 1 is 1.07 bits per heavy atom. The van der Waals surface area contributed by atoms with Crippen molar-refractivity contribution in [2.75, 3.05) is 33.7 Å². The second kappa shape index (κ2) is 9.81. The van der Waals surface area contributed by atoms with E-state index in [1.54, 1.807) is 11.9 Å². The minimum Gasteiger partial charge on any atom is -0.340 e. The average molecular weight is 394 g/mol. The minimum absolute atomic E-state index is 0.0171. The van der Waals surface area contributed by atoms with Gasteiger partial charge in [-0.15, -0.1) is 0 Å². The van der Waals surface area contributed by atoms with Gasteiger partial charge in [0.05, 0.1) is 6.54 Å². The third kappa shape index (κ3) is 5.75. The van der Waals surface area contributed by atoms with Gasteiger partial charge in [0.15, 0.2) is 5.78 Å². The summed E-state index contributed by atoms with van der Waals surface area (Å²) in [5.74, 6) is 0.660. The number of carbonyl (C=O) groups excluding carboxylic acids is 2. The molecule has 0 radical (unpaired) electrons. The highest BCUT2D eigenvalue weighted by Gasteiger charge is 2.20. The Labute approximate surface area is 173 Å². The SMILES string of the molecule is CN1CCC(CC(=O)c2ccc(-c3cccc(CN(C)C(=O)CN)c3)cc2)CC1. The molecule has 0 atom stereocenters. The Kier molecular flexibility index (Phi) is 7.18. The molecule has 0 unspecified atom stereocenters. The number of hydrogen-bond acceptors (Lipinski definition) is 4. The predicted octanol–water partition coefficient (Wildman–Crippen LogP) is 3.19. The predicted molar refractivity (Wildman–Crippen MR) is 117 cm³/mol. The van der Waals surface area contributed by atoms with Crippen molar-refractivity contribution < 1.29 is 9.59 Å². The summed E-state index contributed by atoms with van der Waals surface area (Å²) in [6, 6.07) is 16.0. The summed E-state index contributed by atoms with van der Waals surface area (Å²) in [5.41, 5.74) is 9.41. The Hall–Kier alpha value is -2.50. The lowest BCUT2D eigenvalue weighted by Gasteiger charge is -2.28. The van der Waals surface area contributed by atoms with Gasteiger partial charge >= 0.3 is 0 Å². The van der Waals surface area contributed by atoms with Gasteiger partial charge in [0.25, 0.3) is 0 Å². The van der Waals surface area contributed by atoms with Crippen molar-refractivity contribution in [3.05, 3.63) is 59.7 Å². The zero-order valence-electron chi connectivity index (χ0n) is 17.4.